The Labute approximate surface area is 115 Å². The van der Waals surface area contributed by atoms with Crippen LogP contribution in [0.1, 0.15) is 90.9 Å². The number of rotatable bonds is 6. The third kappa shape index (κ3) is 3.75. The van der Waals surface area contributed by atoms with E-state index in [0.29, 0.717) is 0 Å². The van der Waals surface area contributed by atoms with Crippen molar-refractivity contribution >= 4 is 0 Å². The van der Waals surface area contributed by atoms with Crippen LogP contribution in [0.15, 0.2) is 0 Å². The lowest BCUT2D eigenvalue weighted by Gasteiger charge is -2.42. The van der Waals surface area contributed by atoms with Gasteiger partial charge in [0.1, 0.15) is 0 Å². The molecule has 18 heavy (non-hydrogen) atoms. The number of fused-ring (bicyclic) bond motifs is 1. The highest BCUT2D eigenvalue weighted by Gasteiger charge is 2.35. The molecule has 4 unspecified atom stereocenters. The van der Waals surface area contributed by atoms with Crippen LogP contribution < -0.4 is 0 Å². The summed E-state index contributed by atoms with van der Waals surface area (Å²) < 4.78 is 0. The first-order valence-electron chi connectivity index (χ1n) is 8.85. The SMILES string of the molecule is CCCCC(CC)CC1CCCC2CCCCC21. The molecular weight excluding hydrogens is 216 g/mol. The first kappa shape index (κ1) is 14.4. The second-order valence-electron chi connectivity index (χ2n) is 7.05. The van der Waals surface area contributed by atoms with Crippen molar-refractivity contribution in [2.45, 2.75) is 90.9 Å². The van der Waals surface area contributed by atoms with Crippen LogP contribution in [0.5, 0.6) is 0 Å². The molecule has 0 radical (unpaired) electrons. The molecule has 0 bridgehead atoms. The molecule has 2 aliphatic carbocycles. The molecule has 0 N–H and O–H groups in total. The fourth-order valence-corrected chi connectivity index (χ4v) is 4.77. The molecule has 2 saturated carbocycles. The number of hydrogen-bond acceptors (Lipinski definition) is 0. The molecule has 2 rings (SSSR count). The van der Waals surface area contributed by atoms with Crippen molar-refractivity contribution in [3.63, 3.8) is 0 Å². The quantitative estimate of drug-likeness (QED) is 0.526. The van der Waals surface area contributed by atoms with Gasteiger partial charge in [-0.3, -0.25) is 0 Å². The lowest BCUT2D eigenvalue weighted by atomic mass is 9.63. The van der Waals surface area contributed by atoms with Gasteiger partial charge in [0.05, 0.1) is 0 Å². The fraction of sp³-hybridized carbons (Fsp3) is 1.00. The molecule has 0 heterocycles. The van der Waals surface area contributed by atoms with Crippen molar-refractivity contribution in [3.8, 4) is 0 Å². The Kier molecular flexibility index (Phi) is 6.05. The van der Waals surface area contributed by atoms with E-state index in [0.717, 1.165) is 23.7 Å². The molecule has 0 nitrogen and oxygen atoms in total. The summed E-state index contributed by atoms with van der Waals surface area (Å²) in [6.45, 7) is 4.76. The van der Waals surface area contributed by atoms with E-state index in [1.165, 1.54) is 44.9 Å². The maximum atomic E-state index is 2.42. The first-order chi connectivity index (χ1) is 8.85. The predicted molar refractivity (Wildman–Crippen MR) is 80.7 cm³/mol. The minimum atomic E-state index is 1.04. The molecule has 0 amide bonds. The summed E-state index contributed by atoms with van der Waals surface area (Å²) in [6.07, 6.45) is 18.2. The third-order valence-corrected chi connectivity index (χ3v) is 5.90. The molecule has 2 fully saturated rings. The highest BCUT2D eigenvalue weighted by atomic mass is 14.4. The van der Waals surface area contributed by atoms with Crippen molar-refractivity contribution in [3.05, 3.63) is 0 Å². The molecule has 106 valence electrons. The van der Waals surface area contributed by atoms with Gasteiger partial charge in [-0.1, -0.05) is 78.1 Å². The molecule has 0 aromatic carbocycles. The largest absolute Gasteiger partial charge is 0.0654 e. The summed E-state index contributed by atoms with van der Waals surface area (Å²) in [5.74, 6) is 4.39. The van der Waals surface area contributed by atoms with Crippen LogP contribution >= 0.6 is 0 Å². The second-order valence-corrected chi connectivity index (χ2v) is 7.05. The molecule has 0 aromatic heterocycles. The Balaban J connectivity index is 1.85. The molecule has 0 heteroatoms. The van der Waals surface area contributed by atoms with Crippen LogP contribution in [-0.2, 0) is 0 Å². The van der Waals surface area contributed by atoms with Gasteiger partial charge >= 0.3 is 0 Å². The molecule has 4 atom stereocenters. The van der Waals surface area contributed by atoms with Crippen molar-refractivity contribution in [2.24, 2.45) is 23.7 Å². The average Bonchev–Trinajstić information content (AvgIpc) is 2.43. The van der Waals surface area contributed by atoms with E-state index in [2.05, 4.69) is 13.8 Å². The topological polar surface area (TPSA) is 0 Å². The Morgan fingerprint density at radius 3 is 2.50 bits per heavy atom. The fourth-order valence-electron chi connectivity index (χ4n) is 4.77. The molecule has 0 aliphatic heterocycles. The second kappa shape index (κ2) is 7.56. The van der Waals surface area contributed by atoms with E-state index in [9.17, 15) is 0 Å². The van der Waals surface area contributed by atoms with E-state index >= 15 is 0 Å². The minimum Gasteiger partial charge on any atom is -0.0654 e. The molecular formula is C18H34. The van der Waals surface area contributed by atoms with Gasteiger partial charge in [-0.25, -0.2) is 0 Å². The van der Waals surface area contributed by atoms with E-state index in [4.69, 9.17) is 0 Å². The van der Waals surface area contributed by atoms with E-state index in [1.807, 2.05) is 0 Å². The van der Waals surface area contributed by atoms with Crippen LogP contribution in [0.25, 0.3) is 0 Å². The lowest BCUT2D eigenvalue weighted by Crippen LogP contribution is -2.32. The summed E-state index contributed by atoms with van der Waals surface area (Å²) in [7, 11) is 0. The standard InChI is InChI=1S/C18H34/c1-3-5-9-15(4-2)14-17-12-8-11-16-10-6-7-13-18(16)17/h15-18H,3-14H2,1-2H3. The van der Waals surface area contributed by atoms with Gasteiger partial charge in [-0.2, -0.15) is 0 Å². The molecule has 0 saturated heterocycles. The zero-order chi connectivity index (χ0) is 12.8. The van der Waals surface area contributed by atoms with E-state index < -0.39 is 0 Å². The normalized spacial score (nSPS) is 34.0. The summed E-state index contributed by atoms with van der Waals surface area (Å²) in [5.41, 5.74) is 0. The average molecular weight is 250 g/mol. The van der Waals surface area contributed by atoms with Crippen molar-refractivity contribution < 1.29 is 0 Å². The summed E-state index contributed by atoms with van der Waals surface area (Å²) in [5, 5.41) is 0. The van der Waals surface area contributed by atoms with Gasteiger partial charge in [-0.15, -0.1) is 0 Å². The van der Waals surface area contributed by atoms with Crippen molar-refractivity contribution in [1.29, 1.82) is 0 Å². The first-order valence-corrected chi connectivity index (χ1v) is 8.85. The van der Waals surface area contributed by atoms with Gasteiger partial charge < -0.3 is 0 Å². The smallest absolute Gasteiger partial charge is 0.0357 e. The molecule has 2 aliphatic rings. The zero-order valence-corrected chi connectivity index (χ0v) is 12.8. The summed E-state index contributed by atoms with van der Waals surface area (Å²) >= 11 is 0. The summed E-state index contributed by atoms with van der Waals surface area (Å²) in [6, 6.07) is 0. The highest BCUT2D eigenvalue weighted by Crippen LogP contribution is 2.46. The molecule has 0 spiro atoms. The Morgan fingerprint density at radius 2 is 1.72 bits per heavy atom. The lowest BCUT2D eigenvalue weighted by molar-refractivity contribution is 0.0842. The Morgan fingerprint density at radius 1 is 0.944 bits per heavy atom. The highest BCUT2D eigenvalue weighted by molar-refractivity contribution is 4.86. The van der Waals surface area contributed by atoms with Gasteiger partial charge in [0, 0.05) is 0 Å². The monoisotopic (exact) mass is 250 g/mol. The predicted octanol–water partition coefficient (Wildman–Crippen LogP) is 6.20. The molecule has 0 aromatic rings. The van der Waals surface area contributed by atoms with E-state index in [-0.39, 0.29) is 0 Å². The Bertz CT molecular complexity index is 218. The number of unbranched alkanes of at least 4 members (excludes halogenated alkanes) is 1. The van der Waals surface area contributed by atoms with Crippen LogP contribution in [0, 0.1) is 23.7 Å². The summed E-state index contributed by atoms with van der Waals surface area (Å²) in [4.78, 5) is 0. The van der Waals surface area contributed by atoms with Crippen molar-refractivity contribution in [2.75, 3.05) is 0 Å². The van der Waals surface area contributed by atoms with Gasteiger partial charge in [-0.05, 0) is 36.5 Å². The van der Waals surface area contributed by atoms with Crippen LogP contribution in [0.2, 0.25) is 0 Å². The van der Waals surface area contributed by atoms with Crippen LogP contribution in [0.4, 0.5) is 0 Å². The maximum Gasteiger partial charge on any atom is -0.0357 e. The zero-order valence-electron chi connectivity index (χ0n) is 12.8. The van der Waals surface area contributed by atoms with Crippen LogP contribution in [0.3, 0.4) is 0 Å². The van der Waals surface area contributed by atoms with E-state index in [1.54, 1.807) is 32.1 Å². The Hall–Kier alpha value is 0. The maximum absolute atomic E-state index is 2.42. The number of hydrogen-bond donors (Lipinski definition) is 0. The third-order valence-electron chi connectivity index (χ3n) is 5.90. The van der Waals surface area contributed by atoms with Gasteiger partial charge in [0.25, 0.3) is 0 Å². The van der Waals surface area contributed by atoms with Gasteiger partial charge in [0.2, 0.25) is 0 Å². The minimum absolute atomic E-state index is 1.04. The van der Waals surface area contributed by atoms with Gasteiger partial charge in [0.15, 0.2) is 0 Å². The van der Waals surface area contributed by atoms with Crippen molar-refractivity contribution in [1.82, 2.24) is 0 Å². The van der Waals surface area contributed by atoms with Crippen LogP contribution in [-0.4, -0.2) is 0 Å².